The molecule has 1 saturated carbocycles. The smallest absolute Gasteiger partial charge is 0.272 e. The Morgan fingerprint density at radius 3 is 2.72 bits per heavy atom. The van der Waals surface area contributed by atoms with Crippen molar-refractivity contribution in [2.45, 2.75) is 44.2 Å². The van der Waals surface area contributed by atoms with Gasteiger partial charge in [0.2, 0.25) is 0 Å². The molecule has 0 unspecified atom stereocenters. The van der Waals surface area contributed by atoms with E-state index in [1.807, 2.05) is 12.1 Å². The summed E-state index contributed by atoms with van der Waals surface area (Å²) in [7, 11) is 1.66. The Hall–Kier alpha value is -2.34. The van der Waals surface area contributed by atoms with Crippen molar-refractivity contribution in [2.24, 2.45) is 0 Å². The Labute approximate surface area is 147 Å². The summed E-state index contributed by atoms with van der Waals surface area (Å²) in [6, 6.07) is 8.04. The minimum absolute atomic E-state index is 0.0843. The number of fused-ring (bicyclic) bond motifs is 1. The number of carbonyl (C=O) groups excluding carboxylic acids is 1. The van der Waals surface area contributed by atoms with Crippen molar-refractivity contribution in [1.82, 2.24) is 20.8 Å². The highest BCUT2D eigenvalue weighted by Gasteiger charge is 2.38. The van der Waals surface area contributed by atoms with Gasteiger partial charge in [-0.15, -0.1) is 0 Å². The van der Waals surface area contributed by atoms with Gasteiger partial charge in [0, 0.05) is 30.8 Å². The van der Waals surface area contributed by atoms with Crippen LogP contribution < -0.4 is 15.4 Å². The number of hydrogen-bond donors (Lipinski definition) is 3. The number of aromatic amines is 1. The molecule has 1 aliphatic heterocycles. The molecule has 0 bridgehead atoms. The second-order valence-corrected chi connectivity index (χ2v) is 6.93. The van der Waals surface area contributed by atoms with Crippen molar-refractivity contribution < 1.29 is 9.53 Å². The first-order chi connectivity index (χ1) is 12.2. The highest BCUT2D eigenvalue weighted by atomic mass is 16.5. The molecule has 6 nitrogen and oxygen atoms in total. The average Bonchev–Trinajstić information content (AvgIpc) is 3.29. The Balaban J connectivity index is 1.61. The minimum Gasteiger partial charge on any atom is -0.497 e. The molecule has 1 amide bonds. The number of aromatic nitrogens is 2. The lowest BCUT2D eigenvalue weighted by atomic mass is 9.87. The molecule has 0 radical (unpaired) electrons. The number of nitrogens with one attached hydrogen (secondary N) is 3. The largest absolute Gasteiger partial charge is 0.497 e. The van der Waals surface area contributed by atoms with Crippen molar-refractivity contribution in [2.75, 3.05) is 13.7 Å². The second-order valence-electron chi connectivity index (χ2n) is 6.93. The van der Waals surface area contributed by atoms with Gasteiger partial charge in [0.25, 0.3) is 5.91 Å². The number of rotatable bonds is 4. The maximum Gasteiger partial charge on any atom is 0.272 e. The van der Waals surface area contributed by atoms with Gasteiger partial charge in [-0.3, -0.25) is 9.89 Å². The van der Waals surface area contributed by atoms with E-state index >= 15 is 0 Å². The first kappa shape index (κ1) is 16.1. The van der Waals surface area contributed by atoms with Crippen LogP contribution in [0.2, 0.25) is 0 Å². The molecule has 6 heteroatoms. The molecule has 3 N–H and O–H groups in total. The molecule has 0 saturated heterocycles. The van der Waals surface area contributed by atoms with Crippen molar-refractivity contribution >= 4 is 5.91 Å². The molecule has 4 rings (SSSR count). The fraction of sp³-hybridized carbons (Fsp3) is 0.474. The third-order valence-electron chi connectivity index (χ3n) is 5.47. The zero-order chi connectivity index (χ0) is 17.3. The molecule has 2 heterocycles. The first-order valence-electron chi connectivity index (χ1n) is 8.96. The van der Waals surface area contributed by atoms with Gasteiger partial charge in [-0.05, 0) is 30.5 Å². The maximum atomic E-state index is 13.0. The summed E-state index contributed by atoms with van der Waals surface area (Å²) in [4.78, 5) is 13.0. The highest BCUT2D eigenvalue weighted by molar-refractivity contribution is 5.94. The van der Waals surface area contributed by atoms with E-state index in [0.717, 1.165) is 61.2 Å². The van der Waals surface area contributed by atoms with Gasteiger partial charge in [-0.2, -0.15) is 5.10 Å². The molecule has 2 aromatic rings. The zero-order valence-electron chi connectivity index (χ0n) is 14.5. The lowest BCUT2D eigenvalue weighted by molar-refractivity contribution is 0.0891. The van der Waals surface area contributed by atoms with Gasteiger partial charge in [-0.25, -0.2) is 0 Å². The van der Waals surface area contributed by atoms with Gasteiger partial charge >= 0.3 is 0 Å². The quantitative estimate of drug-likeness (QED) is 0.798. The number of ether oxygens (including phenoxy) is 1. The van der Waals surface area contributed by atoms with Crippen molar-refractivity contribution in [1.29, 1.82) is 0 Å². The maximum absolute atomic E-state index is 13.0. The molecule has 0 atom stereocenters. The first-order valence-corrected chi connectivity index (χ1v) is 8.96. The Bertz CT molecular complexity index is 760. The Kier molecular flexibility index (Phi) is 4.21. The normalized spacial score (nSPS) is 18.6. The second kappa shape index (κ2) is 6.52. The summed E-state index contributed by atoms with van der Waals surface area (Å²) < 4.78 is 5.26. The molecule has 0 spiro atoms. The van der Waals surface area contributed by atoms with Gasteiger partial charge < -0.3 is 15.4 Å². The summed E-state index contributed by atoms with van der Waals surface area (Å²) in [5.41, 5.74) is 3.45. The fourth-order valence-electron chi connectivity index (χ4n) is 4.06. The van der Waals surface area contributed by atoms with Crippen molar-refractivity contribution in [3.05, 3.63) is 46.8 Å². The van der Waals surface area contributed by atoms with Gasteiger partial charge in [0.05, 0.1) is 12.6 Å². The predicted octanol–water partition coefficient (Wildman–Crippen LogP) is 2.26. The highest BCUT2D eigenvalue weighted by Crippen LogP contribution is 2.39. The van der Waals surface area contributed by atoms with Crippen LogP contribution in [0.25, 0.3) is 0 Å². The van der Waals surface area contributed by atoms with Crippen LogP contribution in [0.15, 0.2) is 24.3 Å². The molecule has 1 aliphatic carbocycles. The molecule has 1 aromatic heterocycles. The van der Waals surface area contributed by atoms with Crippen LogP contribution in [0.4, 0.5) is 0 Å². The standard InChI is InChI=1S/C19H24N4O2/c1-25-14-6-4-13(5-7-14)19(9-2-3-10-19)21-18(24)17-15-12-20-11-8-16(15)22-23-17/h4-7,20H,2-3,8-12H2,1H3,(H,21,24)(H,22,23). The Morgan fingerprint density at radius 1 is 1.24 bits per heavy atom. The third-order valence-corrected chi connectivity index (χ3v) is 5.47. The van der Waals surface area contributed by atoms with Crippen LogP contribution >= 0.6 is 0 Å². The van der Waals surface area contributed by atoms with Gasteiger partial charge in [0.1, 0.15) is 5.75 Å². The summed E-state index contributed by atoms with van der Waals surface area (Å²) in [6.45, 7) is 1.62. The summed E-state index contributed by atoms with van der Waals surface area (Å²) >= 11 is 0. The number of carbonyl (C=O) groups is 1. The predicted molar refractivity (Wildman–Crippen MR) is 94.6 cm³/mol. The third kappa shape index (κ3) is 2.91. The van der Waals surface area contributed by atoms with E-state index in [2.05, 4.69) is 33.0 Å². The molecule has 1 aromatic carbocycles. The van der Waals surface area contributed by atoms with E-state index < -0.39 is 0 Å². The van der Waals surface area contributed by atoms with Crippen molar-refractivity contribution in [3.63, 3.8) is 0 Å². The zero-order valence-corrected chi connectivity index (χ0v) is 14.5. The number of amides is 1. The summed E-state index contributed by atoms with van der Waals surface area (Å²) in [6.07, 6.45) is 5.03. The lowest BCUT2D eigenvalue weighted by Gasteiger charge is -2.31. The summed E-state index contributed by atoms with van der Waals surface area (Å²) in [5, 5.41) is 14.0. The van der Waals surface area contributed by atoms with E-state index in [1.54, 1.807) is 7.11 Å². The average molecular weight is 340 g/mol. The lowest BCUT2D eigenvalue weighted by Crippen LogP contribution is -2.44. The molecule has 25 heavy (non-hydrogen) atoms. The van der Waals surface area contributed by atoms with Crippen LogP contribution in [0, 0.1) is 0 Å². The van der Waals surface area contributed by atoms with E-state index in [4.69, 9.17) is 4.74 Å². The molecule has 132 valence electrons. The molecular weight excluding hydrogens is 316 g/mol. The number of methoxy groups -OCH3 is 1. The van der Waals surface area contributed by atoms with Crippen LogP contribution in [0.3, 0.4) is 0 Å². The van der Waals surface area contributed by atoms with Crippen LogP contribution in [-0.2, 0) is 18.5 Å². The monoisotopic (exact) mass is 340 g/mol. The van der Waals surface area contributed by atoms with E-state index in [1.165, 1.54) is 0 Å². The number of hydrogen-bond acceptors (Lipinski definition) is 4. The molecular formula is C19H24N4O2. The Morgan fingerprint density at radius 2 is 2.00 bits per heavy atom. The molecule has 1 fully saturated rings. The SMILES string of the molecule is COc1ccc(C2(NC(=O)c3n[nH]c4c3CNCC4)CCCC2)cc1. The van der Waals surface area contributed by atoms with Gasteiger partial charge in [0.15, 0.2) is 5.69 Å². The van der Waals surface area contributed by atoms with Gasteiger partial charge in [-0.1, -0.05) is 25.0 Å². The topological polar surface area (TPSA) is 79.0 Å². The van der Waals surface area contributed by atoms with Crippen LogP contribution in [0.1, 0.15) is 53.0 Å². The summed E-state index contributed by atoms with van der Waals surface area (Å²) in [5.74, 6) is 0.745. The molecule has 2 aliphatic rings. The minimum atomic E-state index is -0.308. The van der Waals surface area contributed by atoms with E-state index in [-0.39, 0.29) is 11.4 Å². The van der Waals surface area contributed by atoms with Crippen LogP contribution in [-0.4, -0.2) is 29.8 Å². The fourth-order valence-corrected chi connectivity index (χ4v) is 4.06. The number of H-pyrrole nitrogens is 1. The number of nitrogens with zero attached hydrogens (tertiary/aromatic N) is 1. The van der Waals surface area contributed by atoms with E-state index in [9.17, 15) is 4.79 Å². The number of benzene rings is 1. The van der Waals surface area contributed by atoms with Crippen molar-refractivity contribution in [3.8, 4) is 5.75 Å². The van der Waals surface area contributed by atoms with E-state index in [0.29, 0.717) is 12.2 Å². The van der Waals surface area contributed by atoms with Crippen LogP contribution in [0.5, 0.6) is 5.75 Å².